The molecule has 1 N–H and O–H groups in total. The minimum absolute atomic E-state index is 0.329. The van der Waals surface area contributed by atoms with Crippen molar-refractivity contribution < 1.29 is 9.63 Å². The maximum atomic E-state index is 9.65. The second-order valence-electron chi connectivity index (χ2n) is 6.93. The Kier molecular flexibility index (Phi) is 5.39. The quantitative estimate of drug-likeness (QED) is 0.717. The van der Waals surface area contributed by atoms with Crippen LogP contribution in [0.5, 0.6) is 5.75 Å². The number of nitrogens with zero attached hydrogens (tertiary/aromatic N) is 5. The normalized spacial score (nSPS) is 17.9. The maximum Gasteiger partial charge on any atom is 0.241 e. The van der Waals surface area contributed by atoms with E-state index < -0.39 is 0 Å². The third kappa shape index (κ3) is 4.49. The lowest BCUT2D eigenvalue weighted by Gasteiger charge is -2.34. The molecule has 1 aromatic carbocycles. The molecule has 0 radical (unpaired) electrons. The molecular formula is C20H23N5O2. The number of hydrogen-bond acceptors (Lipinski definition) is 7. The second-order valence-corrected chi connectivity index (χ2v) is 6.93. The number of rotatable bonds is 6. The number of aryl methyl sites for hydroxylation is 1. The van der Waals surface area contributed by atoms with Gasteiger partial charge in [-0.3, -0.25) is 9.88 Å². The highest BCUT2D eigenvalue weighted by atomic mass is 16.5. The van der Waals surface area contributed by atoms with Crippen LogP contribution in [0.4, 0.5) is 0 Å². The van der Waals surface area contributed by atoms with E-state index in [-0.39, 0.29) is 0 Å². The van der Waals surface area contributed by atoms with Crippen molar-refractivity contribution in [2.24, 2.45) is 0 Å². The van der Waals surface area contributed by atoms with Crippen molar-refractivity contribution in [3.63, 3.8) is 0 Å². The van der Waals surface area contributed by atoms with Gasteiger partial charge in [-0.2, -0.15) is 4.98 Å². The zero-order valence-corrected chi connectivity index (χ0v) is 15.2. The molecule has 7 nitrogen and oxygen atoms in total. The molecule has 0 aliphatic carbocycles. The zero-order valence-electron chi connectivity index (χ0n) is 15.2. The van der Waals surface area contributed by atoms with E-state index >= 15 is 0 Å². The number of aromatic nitrogens is 4. The number of hydrogen-bond donors (Lipinski definition) is 1. The van der Waals surface area contributed by atoms with Gasteiger partial charge in [0.15, 0.2) is 0 Å². The molecule has 1 fully saturated rings. The smallest absolute Gasteiger partial charge is 0.241 e. The Morgan fingerprint density at radius 2 is 2.19 bits per heavy atom. The summed E-state index contributed by atoms with van der Waals surface area (Å²) in [5, 5.41) is 13.7. The maximum absolute atomic E-state index is 9.65. The van der Waals surface area contributed by atoms with Crippen molar-refractivity contribution in [2.45, 2.75) is 44.7 Å². The molecular weight excluding hydrogens is 342 g/mol. The summed E-state index contributed by atoms with van der Waals surface area (Å²) in [6.07, 6.45) is 10.5. The van der Waals surface area contributed by atoms with Gasteiger partial charge in [0.25, 0.3) is 0 Å². The van der Waals surface area contributed by atoms with Gasteiger partial charge >= 0.3 is 0 Å². The van der Waals surface area contributed by atoms with E-state index in [1.165, 1.54) is 24.8 Å². The van der Waals surface area contributed by atoms with Gasteiger partial charge in [-0.1, -0.05) is 23.7 Å². The van der Waals surface area contributed by atoms with Gasteiger partial charge in [-0.25, -0.2) is 4.98 Å². The summed E-state index contributed by atoms with van der Waals surface area (Å²) in [6.45, 7) is 1.69. The minimum atomic E-state index is 0.329. The molecule has 1 aliphatic heterocycles. The largest absolute Gasteiger partial charge is 0.508 e. The lowest BCUT2D eigenvalue weighted by Crippen LogP contribution is -2.39. The third-order valence-corrected chi connectivity index (χ3v) is 5.02. The van der Waals surface area contributed by atoms with Gasteiger partial charge in [0.2, 0.25) is 11.7 Å². The van der Waals surface area contributed by atoms with Crippen LogP contribution >= 0.6 is 0 Å². The van der Waals surface area contributed by atoms with E-state index in [4.69, 9.17) is 4.52 Å². The summed E-state index contributed by atoms with van der Waals surface area (Å²) in [5.74, 6) is 1.42. The van der Waals surface area contributed by atoms with Crippen molar-refractivity contribution in [2.75, 3.05) is 6.54 Å². The highest BCUT2D eigenvalue weighted by Gasteiger charge is 2.24. The van der Waals surface area contributed by atoms with E-state index in [9.17, 15) is 5.11 Å². The van der Waals surface area contributed by atoms with Gasteiger partial charge < -0.3 is 9.63 Å². The predicted molar refractivity (Wildman–Crippen MR) is 99.8 cm³/mol. The van der Waals surface area contributed by atoms with Crippen LogP contribution in [-0.2, 0) is 13.0 Å². The molecule has 3 heterocycles. The molecule has 7 heteroatoms. The third-order valence-electron chi connectivity index (χ3n) is 5.02. The monoisotopic (exact) mass is 365 g/mol. The average molecular weight is 365 g/mol. The van der Waals surface area contributed by atoms with Gasteiger partial charge in [0, 0.05) is 18.4 Å². The van der Waals surface area contributed by atoms with Crippen molar-refractivity contribution in [3.8, 4) is 17.3 Å². The first-order chi connectivity index (χ1) is 13.3. The van der Waals surface area contributed by atoms with Crippen LogP contribution in [0.1, 0.15) is 37.1 Å². The lowest BCUT2D eigenvalue weighted by atomic mass is 9.96. The average Bonchev–Trinajstić information content (AvgIpc) is 3.17. The number of likely N-dealkylation sites (tertiary alicyclic amines) is 1. The Morgan fingerprint density at radius 3 is 3.04 bits per heavy atom. The van der Waals surface area contributed by atoms with E-state index in [0.717, 1.165) is 19.4 Å². The van der Waals surface area contributed by atoms with Crippen LogP contribution in [0.3, 0.4) is 0 Å². The van der Waals surface area contributed by atoms with Crippen LogP contribution in [0.25, 0.3) is 11.5 Å². The molecule has 4 rings (SSSR count). The van der Waals surface area contributed by atoms with Crippen molar-refractivity contribution >= 4 is 0 Å². The molecule has 0 unspecified atom stereocenters. The van der Waals surface area contributed by atoms with Gasteiger partial charge in [-0.15, -0.1) is 0 Å². The molecule has 27 heavy (non-hydrogen) atoms. The molecule has 0 bridgehead atoms. The van der Waals surface area contributed by atoms with Gasteiger partial charge in [0.1, 0.15) is 11.4 Å². The first kappa shape index (κ1) is 17.6. The second kappa shape index (κ2) is 8.26. The SMILES string of the molecule is Oc1cccc(CC[C@@H]2CCCCN2Cc2nc(-c3cnccn3)no2)c1. The molecule has 0 spiro atoms. The Labute approximate surface area is 158 Å². The fraction of sp³-hybridized carbons (Fsp3) is 0.400. The van der Waals surface area contributed by atoms with E-state index in [1.807, 2.05) is 12.1 Å². The van der Waals surface area contributed by atoms with Gasteiger partial charge in [-0.05, 0) is 49.9 Å². The van der Waals surface area contributed by atoms with E-state index in [1.54, 1.807) is 24.7 Å². The summed E-state index contributed by atoms with van der Waals surface area (Å²) < 4.78 is 5.45. The molecule has 3 aromatic rings. The number of aromatic hydroxyl groups is 1. The predicted octanol–water partition coefficient (Wildman–Crippen LogP) is 3.22. The Balaban J connectivity index is 1.40. The number of benzene rings is 1. The van der Waals surface area contributed by atoms with Crippen LogP contribution in [-0.4, -0.2) is 42.7 Å². The van der Waals surface area contributed by atoms with Crippen LogP contribution in [0.15, 0.2) is 47.4 Å². The molecule has 0 amide bonds. The lowest BCUT2D eigenvalue weighted by molar-refractivity contribution is 0.117. The fourth-order valence-corrected chi connectivity index (χ4v) is 3.65. The van der Waals surface area contributed by atoms with Crippen molar-refractivity contribution in [1.29, 1.82) is 0 Å². The summed E-state index contributed by atoms with van der Waals surface area (Å²) in [5.41, 5.74) is 1.79. The highest BCUT2D eigenvalue weighted by molar-refractivity contribution is 5.45. The zero-order chi connectivity index (χ0) is 18.5. The summed E-state index contributed by atoms with van der Waals surface area (Å²) in [6, 6.07) is 8.00. The standard InChI is InChI=1S/C20H23N5O2/c26-17-6-3-4-15(12-17)7-8-16-5-1-2-11-25(16)14-19-23-20(24-27-19)18-13-21-9-10-22-18/h3-4,6,9-10,12-13,16,26H,1-2,5,7-8,11,14H2/t16-/m0/s1. The summed E-state index contributed by atoms with van der Waals surface area (Å²) in [7, 11) is 0. The topological polar surface area (TPSA) is 88.2 Å². The fourth-order valence-electron chi connectivity index (χ4n) is 3.65. The number of phenolic OH excluding ortho intramolecular Hbond substituents is 1. The summed E-state index contributed by atoms with van der Waals surface area (Å²) >= 11 is 0. The molecule has 0 saturated carbocycles. The first-order valence-electron chi connectivity index (χ1n) is 9.39. The molecule has 1 aliphatic rings. The van der Waals surface area contributed by atoms with Crippen LogP contribution in [0, 0.1) is 0 Å². The van der Waals surface area contributed by atoms with Crippen molar-refractivity contribution in [3.05, 3.63) is 54.3 Å². The number of phenols is 1. The molecule has 1 atom stereocenters. The van der Waals surface area contributed by atoms with Crippen molar-refractivity contribution in [1.82, 2.24) is 25.0 Å². The Bertz CT molecular complexity index is 868. The summed E-state index contributed by atoms with van der Waals surface area (Å²) in [4.78, 5) is 15.2. The highest BCUT2D eigenvalue weighted by Crippen LogP contribution is 2.24. The molecule has 140 valence electrons. The minimum Gasteiger partial charge on any atom is -0.508 e. The Morgan fingerprint density at radius 1 is 1.22 bits per heavy atom. The van der Waals surface area contributed by atoms with E-state index in [0.29, 0.717) is 35.7 Å². The Hall–Kier alpha value is -2.80. The van der Waals surface area contributed by atoms with Crippen LogP contribution in [0.2, 0.25) is 0 Å². The van der Waals surface area contributed by atoms with E-state index in [2.05, 4.69) is 31.1 Å². The molecule has 2 aromatic heterocycles. The first-order valence-corrected chi connectivity index (χ1v) is 9.39. The molecule has 1 saturated heterocycles. The number of piperidine rings is 1. The van der Waals surface area contributed by atoms with Gasteiger partial charge in [0.05, 0.1) is 12.7 Å². The van der Waals surface area contributed by atoms with Crippen LogP contribution < -0.4 is 0 Å².